The Morgan fingerprint density at radius 1 is 1.00 bits per heavy atom. The third-order valence-corrected chi connectivity index (χ3v) is 5.26. The van der Waals surface area contributed by atoms with Gasteiger partial charge >= 0.3 is 0 Å². The van der Waals surface area contributed by atoms with Crippen LogP contribution in [0, 0.1) is 13.8 Å². The number of nitrogens with zero attached hydrogens (tertiary/aromatic N) is 3. The van der Waals surface area contributed by atoms with Crippen molar-refractivity contribution in [3.63, 3.8) is 0 Å². The Morgan fingerprint density at radius 2 is 1.77 bits per heavy atom. The normalized spacial score (nSPS) is 16.1. The minimum absolute atomic E-state index is 0.0181. The lowest BCUT2D eigenvalue weighted by molar-refractivity contribution is -0.118. The lowest BCUT2D eigenvalue weighted by Gasteiger charge is -2.23. The maximum absolute atomic E-state index is 12.5. The number of aryl methyl sites for hydroxylation is 2. The number of nitrogens with one attached hydrogen (secondary N) is 3. The van der Waals surface area contributed by atoms with Crippen molar-refractivity contribution in [2.45, 2.75) is 39.2 Å². The molecule has 0 bridgehead atoms. The molecule has 1 fully saturated rings. The average molecular weight is 403 g/mol. The molecule has 1 atom stereocenters. The maximum Gasteiger partial charge on any atom is 0.241 e. The minimum Gasteiger partial charge on any atom is -0.323 e. The molecule has 154 valence electrons. The molecule has 1 saturated heterocycles. The predicted molar refractivity (Wildman–Crippen MR) is 119 cm³/mol. The maximum atomic E-state index is 12.5. The largest absolute Gasteiger partial charge is 0.323 e. The number of piperidine rings is 1. The molecule has 3 heterocycles. The molecule has 3 N–H and O–H groups in total. The van der Waals surface area contributed by atoms with Crippen molar-refractivity contribution >= 4 is 23.2 Å². The number of pyridine rings is 1. The van der Waals surface area contributed by atoms with Gasteiger partial charge in [-0.1, -0.05) is 36.2 Å². The van der Waals surface area contributed by atoms with Gasteiger partial charge in [0, 0.05) is 18.0 Å². The van der Waals surface area contributed by atoms with Gasteiger partial charge in [-0.2, -0.15) is 0 Å². The van der Waals surface area contributed by atoms with E-state index in [0.29, 0.717) is 11.6 Å². The number of benzene rings is 1. The smallest absolute Gasteiger partial charge is 0.241 e. The van der Waals surface area contributed by atoms with Crippen LogP contribution in [0.4, 0.5) is 17.3 Å². The van der Waals surface area contributed by atoms with Crippen LogP contribution in [0.15, 0.2) is 48.9 Å². The first kappa shape index (κ1) is 20.0. The number of hydrogen-bond donors (Lipinski definition) is 3. The summed E-state index contributed by atoms with van der Waals surface area (Å²) in [5.41, 5.74) is 5.41. The zero-order valence-electron chi connectivity index (χ0n) is 17.3. The summed E-state index contributed by atoms with van der Waals surface area (Å²) < 4.78 is 0. The molecule has 1 amide bonds. The Hall–Kier alpha value is -3.32. The molecule has 3 aromatic rings. The van der Waals surface area contributed by atoms with Gasteiger partial charge in [-0.15, -0.1) is 0 Å². The van der Waals surface area contributed by atoms with Crippen molar-refractivity contribution in [1.29, 1.82) is 0 Å². The van der Waals surface area contributed by atoms with Crippen molar-refractivity contribution in [2.75, 3.05) is 17.2 Å². The average Bonchev–Trinajstić information content (AvgIpc) is 2.78. The molecule has 1 aromatic carbocycles. The highest BCUT2D eigenvalue weighted by Gasteiger charge is 2.21. The number of anilines is 3. The van der Waals surface area contributed by atoms with Gasteiger partial charge in [0.15, 0.2) is 0 Å². The van der Waals surface area contributed by atoms with Crippen LogP contribution in [0.2, 0.25) is 0 Å². The summed E-state index contributed by atoms with van der Waals surface area (Å²) >= 11 is 0. The second-order valence-corrected chi connectivity index (χ2v) is 7.64. The van der Waals surface area contributed by atoms with E-state index in [-0.39, 0.29) is 11.9 Å². The summed E-state index contributed by atoms with van der Waals surface area (Å²) in [6, 6.07) is 9.96. The molecular formula is C23H26N6O. The highest BCUT2D eigenvalue weighted by Crippen LogP contribution is 2.22. The molecule has 1 aliphatic heterocycles. The first-order valence-electron chi connectivity index (χ1n) is 10.3. The third kappa shape index (κ3) is 4.80. The monoisotopic (exact) mass is 402 g/mol. The Labute approximate surface area is 176 Å². The summed E-state index contributed by atoms with van der Waals surface area (Å²) in [6.45, 7) is 4.82. The Morgan fingerprint density at radius 3 is 2.47 bits per heavy atom. The van der Waals surface area contributed by atoms with Crippen molar-refractivity contribution in [1.82, 2.24) is 20.3 Å². The van der Waals surface area contributed by atoms with Gasteiger partial charge in [0.25, 0.3) is 0 Å². The van der Waals surface area contributed by atoms with E-state index >= 15 is 0 Å². The molecule has 30 heavy (non-hydrogen) atoms. The van der Waals surface area contributed by atoms with Crippen LogP contribution in [0.25, 0.3) is 11.1 Å². The van der Waals surface area contributed by atoms with Gasteiger partial charge in [-0.25, -0.2) is 9.97 Å². The van der Waals surface area contributed by atoms with Gasteiger partial charge < -0.3 is 16.0 Å². The zero-order chi connectivity index (χ0) is 20.9. The number of carbonyl (C=O) groups is 1. The Kier molecular flexibility index (Phi) is 5.99. The topological polar surface area (TPSA) is 91.8 Å². The van der Waals surface area contributed by atoms with E-state index in [4.69, 9.17) is 0 Å². The van der Waals surface area contributed by atoms with Gasteiger partial charge in [-0.05, 0) is 44.9 Å². The molecule has 1 unspecified atom stereocenters. The first-order chi connectivity index (χ1) is 14.6. The zero-order valence-corrected chi connectivity index (χ0v) is 17.3. The van der Waals surface area contributed by atoms with Crippen LogP contribution in [0.1, 0.15) is 30.5 Å². The van der Waals surface area contributed by atoms with Gasteiger partial charge in [-0.3, -0.25) is 9.78 Å². The summed E-state index contributed by atoms with van der Waals surface area (Å²) in [4.78, 5) is 25.8. The second-order valence-electron chi connectivity index (χ2n) is 7.64. The Balaban J connectivity index is 1.45. The SMILES string of the molecule is Cc1ccc(-c2cnc(Nc3cnc(C)c(NC(=O)C4CCCCN4)c3)nc2)cc1. The van der Waals surface area contributed by atoms with E-state index in [9.17, 15) is 4.79 Å². The quantitative estimate of drug-likeness (QED) is 0.598. The van der Waals surface area contributed by atoms with Crippen LogP contribution in [-0.4, -0.2) is 33.4 Å². The molecule has 0 aliphatic carbocycles. The molecule has 1 aliphatic rings. The van der Waals surface area contributed by atoms with Crippen LogP contribution < -0.4 is 16.0 Å². The van der Waals surface area contributed by atoms with E-state index in [1.54, 1.807) is 18.6 Å². The van der Waals surface area contributed by atoms with Gasteiger partial charge in [0.05, 0.1) is 29.3 Å². The molecule has 2 aromatic heterocycles. The van der Waals surface area contributed by atoms with Crippen LogP contribution >= 0.6 is 0 Å². The summed E-state index contributed by atoms with van der Waals surface area (Å²) in [5.74, 6) is 0.457. The van der Waals surface area contributed by atoms with Crippen LogP contribution in [0.3, 0.4) is 0 Å². The van der Waals surface area contributed by atoms with Gasteiger partial charge in [0.2, 0.25) is 11.9 Å². The number of aromatic nitrogens is 3. The van der Waals surface area contributed by atoms with E-state index in [1.165, 1.54) is 5.56 Å². The molecule has 0 radical (unpaired) electrons. The number of hydrogen-bond acceptors (Lipinski definition) is 6. The fourth-order valence-corrected chi connectivity index (χ4v) is 3.44. The number of carbonyl (C=O) groups excluding carboxylic acids is 1. The highest BCUT2D eigenvalue weighted by molar-refractivity contribution is 5.95. The van der Waals surface area contributed by atoms with E-state index in [2.05, 4.69) is 62.1 Å². The molecule has 0 spiro atoms. The highest BCUT2D eigenvalue weighted by atomic mass is 16.2. The molecular weight excluding hydrogens is 376 g/mol. The number of rotatable bonds is 5. The summed E-state index contributed by atoms with van der Waals surface area (Å²) in [5, 5.41) is 9.42. The standard InChI is InChI=1S/C23H26N6O/c1-15-6-8-17(9-7-15)18-12-26-23(27-13-18)28-19-11-21(16(2)25-14-19)29-22(30)20-5-3-4-10-24-20/h6-9,11-14,20,24H,3-5,10H2,1-2H3,(H,29,30)(H,26,27,28). The first-order valence-corrected chi connectivity index (χ1v) is 10.3. The van der Waals surface area contributed by atoms with Crippen molar-refractivity contribution in [3.8, 4) is 11.1 Å². The number of amides is 1. The predicted octanol–water partition coefficient (Wildman–Crippen LogP) is 3.98. The fourth-order valence-electron chi connectivity index (χ4n) is 3.44. The molecule has 0 saturated carbocycles. The molecule has 4 rings (SSSR count). The molecule has 7 heteroatoms. The van der Waals surface area contributed by atoms with Crippen molar-refractivity contribution < 1.29 is 4.79 Å². The lowest BCUT2D eigenvalue weighted by atomic mass is 10.0. The van der Waals surface area contributed by atoms with E-state index in [1.807, 2.05) is 13.0 Å². The summed E-state index contributed by atoms with van der Waals surface area (Å²) in [6.07, 6.45) is 8.34. The van der Waals surface area contributed by atoms with E-state index in [0.717, 1.165) is 48.3 Å². The molecule has 7 nitrogen and oxygen atoms in total. The second kappa shape index (κ2) is 9.00. The van der Waals surface area contributed by atoms with E-state index < -0.39 is 0 Å². The summed E-state index contributed by atoms with van der Waals surface area (Å²) in [7, 11) is 0. The minimum atomic E-state index is -0.146. The van der Waals surface area contributed by atoms with Gasteiger partial charge in [0.1, 0.15) is 0 Å². The third-order valence-electron chi connectivity index (χ3n) is 5.26. The van der Waals surface area contributed by atoms with Crippen LogP contribution in [-0.2, 0) is 4.79 Å². The fraction of sp³-hybridized carbons (Fsp3) is 0.304. The van der Waals surface area contributed by atoms with Crippen LogP contribution in [0.5, 0.6) is 0 Å². The lowest BCUT2D eigenvalue weighted by Crippen LogP contribution is -2.43. The van der Waals surface area contributed by atoms with Crippen molar-refractivity contribution in [3.05, 3.63) is 60.2 Å². The van der Waals surface area contributed by atoms with Crippen molar-refractivity contribution in [2.24, 2.45) is 0 Å². The Bertz CT molecular complexity index is 1010.